The topological polar surface area (TPSA) is 99.9 Å². The van der Waals surface area contributed by atoms with Crippen LogP contribution in [-0.4, -0.2) is 26.6 Å². The molecule has 1 aromatic heterocycles. The van der Waals surface area contributed by atoms with E-state index in [2.05, 4.69) is 20.5 Å². The zero-order valence-electron chi connectivity index (χ0n) is 10.3. The molecule has 2 aromatic rings. The Morgan fingerprint density at radius 1 is 1.45 bits per heavy atom. The van der Waals surface area contributed by atoms with Crippen LogP contribution in [0.15, 0.2) is 35.1 Å². The maximum absolute atomic E-state index is 11.6. The largest absolute Gasteiger partial charge is 0.445 e. The zero-order valence-corrected chi connectivity index (χ0v) is 11.1. The fraction of sp³-hybridized carbons (Fsp3) is 0.167. The molecule has 7 nitrogen and oxygen atoms in total. The second-order valence-corrected chi connectivity index (χ2v) is 4.15. The molecule has 1 aromatic carbocycles. The average molecular weight is 292 g/mol. The van der Waals surface area contributed by atoms with Gasteiger partial charge < -0.3 is 10.1 Å². The molecule has 0 aliphatic heterocycles. The van der Waals surface area contributed by atoms with E-state index in [9.17, 15) is 9.59 Å². The fourth-order valence-corrected chi connectivity index (χ4v) is 1.69. The maximum atomic E-state index is 11.6. The predicted octanol–water partition coefficient (Wildman–Crippen LogP) is 1.07. The SMILES string of the molecule is O=C(NC(C=S)c1n[nH]c(=O)[nH]1)OCc1ccccc1. The van der Waals surface area contributed by atoms with Crippen molar-refractivity contribution in [2.75, 3.05) is 0 Å². The summed E-state index contributed by atoms with van der Waals surface area (Å²) in [4.78, 5) is 25.0. The van der Waals surface area contributed by atoms with Gasteiger partial charge in [-0.25, -0.2) is 14.7 Å². The molecule has 0 saturated carbocycles. The molecular weight excluding hydrogens is 280 g/mol. The number of amides is 1. The molecule has 1 heterocycles. The molecular formula is C12H12N4O3S. The van der Waals surface area contributed by atoms with Crippen molar-refractivity contribution in [3.8, 4) is 0 Å². The van der Waals surface area contributed by atoms with Gasteiger partial charge in [0.2, 0.25) is 0 Å². The number of benzene rings is 1. The van der Waals surface area contributed by atoms with Crippen molar-refractivity contribution < 1.29 is 9.53 Å². The standard InChI is InChI=1S/C12H12N4O3S/c17-11-14-10(15-16-11)9(7-20)13-12(18)19-6-8-4-2-1-3-5-8/h1-5,7,9H,6H2,(H,13,18)(H2,14,15,16,17). The number of hydrogen-bond donors (Lipinski definition) is 3. The Morgan fingerprint density at radius 2 is 2.20 bits per heavy atom. The molecule has 1 unspecified atom stereocenters. The molecule has 0 spiro atoms. The lowest BCUT2D eigenvalue weighted by Gasteiger charge is -2.11. The second kappa shape index (κ2) is 6.62. The quantitative estimate of drug-likeness (QED) is 0.716. The van der Waals surface area contributed by atoms with Crippen LogP contribution in [0.1, 0.15) is 17.4 Å². The number of carbonyl (C=O) groups is 1. The minimum atomic E-state index is -0.702. The van der Waals surface area contributed by atoms with E-state index in [0.717, 1.165) is 5.56 Å². The van der Waals surface area contributed by atoms with Crippen LogP contribution < -0.4 is 11.0 Å². The Hall–Kier alpha value is -2.48. The van der Waals surface area contributed by atoms with Crippen LogP contribution in [0.2, 0.25) is 0 Å². The van der Waals surface area contributed by atoms with E-state index in [0.29, 0.717) is 0 Å². The number of ether oxygens (including phenoxy) is 1. The number of nitrogens with zero attached hydrogens (tertiary/aromatic N) is 1. The molecule has 0 aliphatic carbocycles. The summed E-state index contributed by atoms with van der Waals surface area (Å²) in [6, 6.07) is 8.56. The third-order valence-electron chi connectivity index (χ3n) is 2.44. The Labute approximate surface area is 119 Å². The van der Waals surface area contributed by atoms with Gasteiger partial charge in [0.1, 0.15) is 12.6 Å². The number of rotatable bonds is 5. The molecule has 0 fully saturated rings. The van der Waals surface area contributed by atoms with Gasteiger partial charge in [-0.1, -0.05) is 42.5 Å². The van der Waals surface area contributed by atoms with Gasteiger partial charge in [0, 0.05) is 5.37 Å². The van der Waals surface area contributed by atoms with Crippen LogP contribution in [0, 0.1) is 0 Å². The number of nitrogens with one attached hydrogen (secondary N) is 3. The average Bonchev–Trinajstić information content (AvgIpc) is 2.90. The Kier molecular flexibility index (Phi) is 4.61. The molecule has 0 bridgehead atoms. The summed E-state index contributed by atoms with van der Waals surface area (Å²) in [6.45, 7) is 0.147. The Bertz CT molecular complexity index is 637. The van der Waals surface area contributed by atoms with Crippen molar-refractivity contribution >= 4 is 23.7 Å². The van der Waals surface area contributed by atoms with E-state index in [4.69, 9.17) is 17.0 Å². The summed E-state index contributed by atoms with van der Waals surface area (Å²) in [5.74, 6) is 0.224. The Balaban J connectivity index is 1.90. The monoisotopic (exact) mass is 292 g/mol. The lowest BCUT2D eigenvalue weighted by molar-refractivity contribution is 0.138. The highest BCUT2D eigenvalue weighted by atomic mass is 32.1. The number of hydrogen-bond acceptors (Lipinski definition) is 5. The van der Waals surface area contributed by atoms with E-state index in [-0.39, 0.29) is 12.4 Å². The van der Waals surface area contributed by atoms with Crippen LogP contribution >= 0.6 is 12.2 Å². The number of carbonyl (C=O) groups excluding carboxylic acids is 1. The number of H-pyrrole nitrogens is 2. The van der Waals surface area contributed by atoms with Crippen LogP contribution in [-0.2, 0) is 11.3 Å². The van der Waals surface area contributed by atoms with E-state index < -0.39 is 17.8 Å². The number of aromatic amines is 2. The van der Waals surface area contributed by atoms with E-state index in [1.165, 1.54) is 5.37 Å². The molecule has 1 atom stereocenters. The molecule has 104 valence electrons. The minimum Gasteiger partial charge on any atom is -0.445 e. The van der Waals surface area contributed by atoms with Crippen molar-refractivity contribution in [3.05, 3.63) is 52.2 Å². The van der Waals surface area contributed by atoms with Gasteiger partial charge in [0.05, 0.1) is 0 Å². The van der Waals surface area contributed by atoms with Gasteiger partial charge in [-0.05, 0) is 5.56 Å². The summed E-state index contributed by atoms with van der Waals surface area (Å²) in [5, 5.41) is 9.66. The summed E-state index contributed by atoms with van der Waals surface area (Å²) < 4.78 is 5.04. The number of aromatic nitrogens is 3. The highest BCUT2D eigenvalue weighted by molar-refractivity contribution is 7.79. The first-order valence-corrected chi connectivity index (χ1v) is 6.23. The second-order valence-electron chi connectivity index (χ2n) is 3.88. The maximum Gasteiger partial charge on any atom is 0.408 e. The lowest BCUT2D eigenvalue weighted by Crippen LogP contribution is -2.30. The highest BCUT2D eigenvalue weighted by Gasteiger charge is 2.16. The van der Waals surface area contributed by atoms with Gasteiger partial charge >= 0.3 is 11.8 Å². The van der Waals surface area contributed by atoms with E-state index in [1.54, 1.807) is 0 Å². The van der Waals surface area contributed by atoms with Crippen molar-refractivity contribution in [1.29, 1.82) is 0 Å². The third kappa shape index (κ3) is 3.75. The number of thiocarbonyl (C=S) groups is 1. The van der Waals surface area contributed by atoms with Gasteiger partial charge in [0.15, 0.2) is 5.82 Å². The van der Waals surface area contributed by atoms with E-state index >= 15 is 0 Å². The Morgan fingerprint density at radius 3 is 2.80 bits per heavy atom. The van der Waals surface area contributed by atoms with Crippen molar-refractivity contribution in [3.63, 3.8) is 0 Å². The third-order valence-corrected chi connectivity index (χ3v) is 2.71. The first kappa shape index (κ1) is 13.9. The zero-order chi connectivity index (χ0) is 14.4. The van der Waals surface area contributed by atoms with Gasteiger partial charge in [-0.2, -0.15) is 5.10 Å². The molecule has 3 N–H and O–H groups in total. The van der Waals surface area contributed by atoms with Crippen molar-refractivity contribution in [1.82, 2.24) is 20.5 Å². The summed E-state index contributed by atoms with van der Waals surface area (Å²) in [7, 11) is 0. The smallest absolute Gasteiger partial charge is 0.408 e. The van der Waals surface area contributed by atoms with Crippen molar-refractivity contribution in [2.24, 2.45) is 0 Å². The summed E-state index contributed by atoms with van der Waals surface area (Å²) in [6.07, 6.45) is -0.649. The minimum absolute atomic E-state index is 0.147. The molecule has 1 amide bonds. The highest BCUT2D eigenvalue weighted by Crippen LogP contribution is 2.04. The summed E-state index contributed by atoms with van der Waals surface area (Å²) in [5.41, 5.74) is 0.399. The first-order valence-electron chi connectivity index (χ1n) is 5.76. The molecule has 2 rings (SSSR count). The predicted molar refractivity (Wildman–Crippen MR) is 75.4 cm³/mol. The van der Waals surface area contributed by atoms with Gasteiger partial charge in [0.25, 0.3) is 0 Å². The summed E-state index contributed by atoms with van der Waals surface area (Å²) >= 11 is 4.79. The number of alkyl carbamates (subject to hydrolysis) is 1. The lowest BCUT2D eigenvalue weighted by atomic mass is 10.2. The fourth-order valence-electron chi connectivity index (χ4n) is 1.49. The van der Waals surface area contributed by atoms with Gasteiger partial charge in [-0.15, -0.1) is 0 Å². The molecule has 0 saturated heterocycles. The molecule has 20 heavy (non-hydrogen) atoms. The van der Waals surface area contributed by atoms with Crippen LogP contribution in [0.25, 0.3) is 0 Å². The van der Waals surface area contributed by atoms with E-state index in [1.807, 2.05) is 30.3 Å². The van der Waals surface area contributed by atoms with Gasteiger partial charge in [-0.3, -0.25) is 4.98 Å². The first-order chi connectivity index (χ1) is 9.69. The molecule has 0 aliphatic rings. The molecule has 0 radical (unpaired) electrons. The van der Waals surface area contributed by atoms with Crippen LogP contribution in [0.3, 0.4) is 0 Å². The molecule has 8 heteroatoms. The normalized spacial score (nSPS) is 11.6. The van der Waals surface area contributed by atoms with Crippen molar-refractivity contribution in [2.45, 2.75) is 12.6 Å². The van der Waals surface area contributed by atoms with Crippen LogP contribution in [0.5, 0.6) is 0 Å². The van der Waals surface area contributed by atoms with Crippen LogP contribution in [0.4, 0.5) is 4.79 Å².